The molecule has 4 heteroatoms. The van der Waals surface area contributed by atoms with Crippen LogP contribution in [0.5, 0.6) is 0 Å². The maximum absolute atomic E-state index is 11.8. The zero-order chi connectivity index (χ0) is 15.8. The highest BCUT2D eigenvalue weighted by atomic mass is 16.6. The summed E-state index contributed by atoms with van der Waals surface area (Å²) in [4.78, 5) is 11.8. The van der Waals surface area contributed by atoms with E-state index in [-0.39, 0.29) is 0 Å². The number of ether oxygens (including phenoxy) is 2. The minimum atomic E-state index is -0.479. The van der Waals surface area contributed by atoms with Crippen LogP contribution in [0.25, 0.3) is 0 Å². The van der Waals surface area contributed by atoms with Gasteiger partial charge in [-0.05, 0) is 69.1 Å². The topological polar surface area (TPSA) is 47.6 Å². The fraction of sp³-hybridized carbons (Fsp3) is 0.611. The third-order valence-corrected chi connectivity index (χ3v) is 4.64. The lowest BCUT2D eigenvalue weighted by atomic mass is 9.91. The Labute approximate surface area is 132 Å². The number of rotatable bonds is 2. The Morgan fingerprint density at radius 3 is 2.45 bits per heavy atom. The Morgan fingerprint density at radius 1 is 1.23 bits per heavy atom. The highest BCUT2D eigenvalue weighted by Crippen LogP contribution is 2.64. The lowest BCUT2D eigenvalue weighted by molar-refractivity contribution is 0.0557. The van der Waals surface area contributed by atoms with Gasteiger partial charge in [-0.15, -0.1) is 0 Å². The highest BCUT2D eigenvalue weighted by molar-refractivity contribution is 5.84. The Kier molecular flexibility index (Phi) is 3.89. The molecule has 0 aromatic heterocycles. The smallest absolute Gasteiger partial charge is 0.412 e. The second-order valence-electron chi connectivity index (χ2n) is 7.48. The van der Waals surface area contributed by atoms with Crippen LogP contribution in [0.2, 0.25) is 0 Å². The van der Waals surface area contributed by atoms with E-state index in [0.29, 0.717) is 11.3 Å². The summed E-state index contributed by atoms with van der Waals surface area (Å²) in [5, 5.41) is 2.77. The van der Waals surface area contributed by atoms with Crippen molar-refractivity contribution in [2.24, 2.45) is 5.41 Å². The number of benzene rings is 1. The predicted octanol–water partition coefficient (Wildman–Crippen LogP) is 4.32. The van der Waals surface area contributed by atoms with Crippen LogP contribution in [0.3, 0.4) is 0 Å². The molecule has 1 atom stereocenters. The van der Waals surface area contributed by atoms with Crippen molar-refractivity contribution >= 4 is 11.8 Å². The molecule has 1 aliphatic carbocycles. The van der Waals surface area contributed by atoms with Gasteiger partial charge in [0.2, 0.25) is 0 Å². The first kappa shape index (κ1) is 15.3. The van der Waals surface area contributed by atoms with E-state index in [1.165, 1.54) is 24.8 Å². The van der Waals surface area contributed by atoms with Gasteiger partial charge < -0.3 is 9.47 Å². The Morgan fingerprint density at radius 2 is 1.86 bits per heavy atom. The molecule has 1 N–H and O–H groups in total. The van der Waals surface area contributed by atoms with Crippen LogP contribution in [0.15, 0.2) is 24.3 Å². The van der Waals surface area contributed by atoms with E-state index in [1.807, 2.05) is 32.9 Å². The molecule has 2 fully saturated rings. The van der Waals surface area contributed by atoms with E-state index in [1.54, 1.807) is 0 Å². The van der Waals surface area contributed by atoms with Crippen LogP contribution in [0.1, 0.15) is 51.5 Å². The molecule has 0 radical (unpaired) electrons. The van der Waals surface area contributed by atoms with Gasteiger partial charge in [0.15, 0.2) is 0 Å². The average molecular weight is 303 g/mol. The van der Waals surface area contributed by atoms with E-state index in [0.717, 1.165) is 18.9 Å². The predicted molar refractivity (Wildman–Crippen MR) is 86.1 cm³/mol. The van der Waals surface area contributed by atoms with Crippen molar-refractivity contribution in [3.8, 4) is 0 Å². The minimum Gasteiger partial charge on any atom is -0.444 e. The summed E-state index contributed by atoms with van der Waals surface area (Å²) < 4.78 is 10.7. The zero-order valence-electron chi connectivity index (χ0n) is 13.6. The third-order valence-electron chi connectivity index (χ3n) is 4.64. The molecule has 2 aliphatic rings. The summed E-state index contributed by atoms with van der Waals surface area (Å²) in [6, 6.07) is 8.18. The fourth-order valence-corrected chi connectivity index (χ4v) is 3.37. The number of carbonyl (C=O) groups is 1. The minimum absolute atomic E-state index is 0.410. The highest BCUT2D eigenvalue weighted by Gasteiger charge is 2.54. The molecule has 1 saturated carbocycles. The van der Waals surface area contributed by atoms with E-state index >= 15 is 0 Å². The lowest BCUT2D eigenvalue weighted by Crippen LogP contribution is -2.27. The van der Waals surface area contributed by atoms with Gasteiger partial charge in [0, 0.05) is 18.9 Å². The molecule has 120 valence electrons. The summed E-state index contributed by atoms with van der Waals surface area (Å²) in [5.74, 6) is 0.659. The lowest BCUT2D eigenvalue weighted by Gasteiger charge is -2.23. The molecule has 22 heavy (non-hydrogen) atoms. The normalized spacial score (nSPS) is 23.1. The van der Waals surface area contributed by atoms with Gasteiger partial charge in [-0.3, -0.25) is 5.32 Å². The van der Waals surface area contributed by atoms with E-state index < -0.39 is 11.7 Å². The van der Waals surface area contributed by atoms with Crippen molar-refractivity contribution in [1.29, 1.82) is 0 Å². The molecule has 4 nitrogen and oxygen atoms in total. The van der Waals surface area contributed by atoms with E-state index in [9.17, 15) is 4.79 Å². The summed E-state index contributed by atoms with van der Waals surface area (Å²) >= 11 is 0. The number of anilines is 1. The summed E-state index contributed by atoms with van der Waals surface area (Å²) in [7, 11) is 0. The number of hydrogen-bond acceptors (Lipinski definition) is 3. The van der Waals surface area contributed by atoms with Crippen molar-refractivity contribution in [3.63, 3.8) is 0 Å². The maximum atomic E-state index is 11.8. The SMILES string of the molecule is CC(C)(C)OC(=O)Nc1ccc(C2CC23CCOCC3)cc1. The van der Waals surface area contributed by atoms with Crippen LogP contribution in [-0.2, 0) is 9.47 Å². The van der Waals surface area contributed by atoms with E-state index in [2.05, 4.69) is 17.4 Å². The Balaban J connectivity index is 1.58. The first-order valence-corrected chi connectivity index (χ1v) is 8.06. The van der Waals surface area contributed by atoms with Crippen molar-refractivity contribution in [3.05, 3.63) is 29.8 Å². The molecule has 1 aromatic carbocycles. The molecule has 1 unspecified atom stereocenters. The van der Waals surface area contributed by atoms with Crippen molar-refractivity contribution < 1.29 is 14.3 Å². The summed E-state index contributed by atoms with van der Waals surface area (Å²) in [6.07, 6.45) is 3.22. The van der Waals surface area contributed by atoms with Crippen molar-refractivity contribution in [1.82, 2.24) is 0 Å². The summed E-state index contributed by atoms with van der Waals surface area (Å²) in [5.41, 5.74) is 2.16. The Bertz CT molecular complexity index is 538. The largest absolute Gasteiger partial charge is 0.444 e. The van der Waals surface area contributed by atoms with Gasteiger partial charge in [0.1, 0.15) is 5.60 Å². The standard InChI is InChI=1S/C18H25NO3/c1-17(2,3)22-16(20)19-14-6-4-13(5-7-14)15-12-18(15)8-10-21-11-9-18/h4-7,15H,8-12H2,1-3H3,(H,19,20). The number of hydrogen-bond donors (Lipinski definition) is 1. The fourth-order valence-electron chi connectivity index (χ4n) is 3.37. The Hall–Kier alpha value is -1.55. The molecule has 1 aromatic rings. The van der Waals surface area contributed by atoms with Crippen LogP contribution in [0.4, 0.5) is 10.5 Å². The molecule has 1 spiro atoms. The van der Waals surface area contributed by atoms with Gasteiger partial charge in [-0.1, -0.05) is 12.1 Å². The first-order chi connectivity index (χ1) is 10.4. The average Bonchev–Trinajstić information content (AvgIpc) is 3.11. The van der Waals surface area contributed by atoms with Crippen molar-refractivity contribution in [2.45, 2.75) is 51.6 Å². The summed E-state index contributed by atoms with van der Waals surface area (Å²) in [6.45, 7) is 7.37. The van der Waals surface area contributed by atoms with Gasteiger partial charge in [-0.2, -0.15) is 0 Å². The van der Waals surface area contributed by atoms with Gasteiger partial charge >= 0.3 is 6.09 Å². The van der Waals surface area contributed by atoms with Gasteiger partial charge in [0.25, 0.3) is 0 Å². The molecular formula is C18H25NO3. The molecule has 1 saturated heterocycles. The van der Waals surface area contributed by atoms with Gasteiger partial charge in [-0.25, -0.2) is 4.79 Å². The third kappa shape index (κ3) is 3.43. The molecule has 1 amide bonds. The first-order valence-electron chi connectivity index (χ1n) is 8.06. The van der Waals surface area contributed by atoms with Crippen LogP contribution >= 0.6 is 0 Å². The molecular weight excluding hydrogens is 278 g/mol. The van der Waals surface area contributed by atoms with Crippen LogP contribution in [0, 0.1) is 5.41 Å². The zero-order valence-corrected chi connectivity index (χ0v) is 13.6. The van der Waals surface area contributed by atoms with E-state index in [4.69, 9.17) is 9.47 Å². The van der Waals surface area contributed by atoms with Crippen LogP contribution < -0.4 is 5.32 Å². The van der Waals surface area contributed by atoms with Crippen molar-refractivity contribution in [2.75, 3.05) is 18.5 Å². The molecule has 1 heterocycles. The quantitative estimate of drug-likeness (QED) is 0.885. The monoisotopic (exact) mass is 303 g/mol. The molecule has 3 rings (SSSR count). The molecule has 1 aliphatic heterocycles. The number of carbonyl (C=O) groups excluding carboxylic acids is 1. The second-order valence-corrected chi connectivity index (χ2v) is 7.48. The second kappa shape index (κ2) is 5.58. The van der Waals surface area contributed by atoms with Crippen LogP contribution in [-0.4, -0.2) is 24.9 Å². The van der Waals surface area contributed by atoms with Gasteiger partial charge in [0.05, 0.1) is 0 Å². The molecule has 0 bridgehead atoms. The maximum Gasteiger partial charge on any atom is 0.412 e. The number of nitrogens with one attached hydrogen (secondary N) is 1. The number of amides is 1.